The maximum atomic E-state index is 5.75. The Morgan fingerprint density at radius 3 is 2.58 bits per heavy atom. The molecule has 0 aliphatic heterocycles. The van der Waals surface area contributed by atoms with Crippen LogP contribution in [0.3, 0.4) is 0 Å². The van der Waals surface area contributed by atoms with Crippen molar-refractivity contribution in [3.63, 3.8) is 0 Å². The standard InChI is InChI=1S/C11H22O/c1-3-7-10-8-5-6-9-11(10)12-4-2/h10-11H,3-9H2,1-2H3/t10-,11-/m0/s1. The lowest BCUT2D eigenvalue weighted by Gasteiger charge is -2.31. The largest absolute Gasteiger partial charge is 0.378 e. The SMILES string of the molecule is CCC[C@H]1CCCC[C@@H]1OCC. The molecule has 1 saturated carbocycles. The van der Waals surface area contributed by atoms with Gasteiger partial charge in [0.05, 0.1) is 6.10 Å². The Labute approximate surface area is 76.5 Å². The highest BCUT2D eigenvalue weighted by molar-refractivity contribution is 4.75. The molecule has 0 aromatic heterocycles. The van der Waals surface area contributed by atoms with Crippen LogP contribution < -0.4 is 0 Å². The van der Waals surface area contributed by atoms with Crippen molar-refractivity contribution in [2.75, 3.05) is 6.61 Å². The van der Waals surface area contributed by atoms with Crippen LogP contribution >= 0.6 is 0 Å². The average molecular weight is 170 g/mol. The smallest absolute Gasteiger partial charge is 0.0603 e. The highest BCUT2D eigenvalue weighted by Crippen LogP contribution is 2.29. The molecule has 1 rings (SSSR count). The number of rotatable bonds is 4. The first-order chi connectivity index (χ1) is 5.88. The first-order valence-corrected chi connectivity index (χ1v) is 5.50. The number of hydrogen-bond acceptors (Lipinski definition) is 1. The molecule has 1 aliphatic carbocycles. The Bertz CT molecular complexity index is 93.6. The van der Waals surface area contributed by atoms with Gasteiger partial charge < -0.3 is 4.74 Å². The molecule has 0 radical (unpaired) electrons. The number of ether oxygens (including phenoxy) is 1. The van der Waals surface area contributed by atoms with Gasteiger partial charge >= 0.3 is 0 Å². The topological polar surface area (TPSA) is 9.23 Å². The van der Waals surface area contributed by atoms with Crippen molar-refractivity contribution in [3.8, 4) is 0 Å². The van der Waals surface area contributed by atoms with Crippen LogP contribution in [0.1, 0.15) is 52.4 Å². The molecular formula is C11H22O. The molecule has 1 fully saturated rings. The maximum Gasteiger partial charge on any atom is 0.0603 e. The molecule has 12 heavy (non-hydrogen) atoms. The van der Waals surface area contributed by atoms with Gasteiger partial charge in [-0.3, -0.25) is 0 Å². The van der Waals surface area contributed by atoms with Gasteiger partial charge in [-0.2, -0.15) is 0 Å². The summed E-state index contributed by atoms with van der Waals surface area (Å²) < 4.78 is 5.75. The van der Waals surface area contributed by atoms with Crippen molar-refractivity contribution in [3.05, 3.63) is 0 Å². The van der Waals surface area contributed by atoms with Crippen molar-refractivity contribution in [2.45, 2.75) is 58.5 Å². The monoisotopic (exact) mass is 170 g/mol. The van der Waals surface area contributed by atoms with Crippen LogP contribution in [-0.2, 0) is 4.74 Å². The molecule has 0 saturated heterocycles. The van der Waals surface area contributed by atoms with Crippen LogP contribution in [0.2, 0.25) is 0 Å². The quantitative estimate of drug-likeness (QED) is 0.628. The van der Waals surface area contributed by atoms with E-state index in [1.54, 1.807) is 0 Å². The zero-order valence-corrected chi connectivity index (χ0v) is 8.51. The van der Waals surface area contributed by atoms with E-state index in [9.17, 15) is 0 Å². The van der Waals surface area contributed by atoms with Gasteiger partial charge in [0.2, 0.25) is 0 Å². The second kappa shape index (κ2) is 5.58. The molecule has 0 spiro atoms. The summed E-state index contributed by atoms with van der Waals surface area (Å²) in [4.78, 5) is 0. The van der Waals surface area contributed by atoms with Crippen molar-refractivity contribution >= 4 is 0 Å². The summed E-state index contributed by atoms with van der Waals surface area (Å²) in [5.74, 6) is 0.865. The highest BCUT2D eigenvalue weighted by atomic mass is 16.5. The predicted molar refractivity (Wildman–Crippen MR) is 52.3 cm³/mol. The average Bonchev–Trinajstić information content (AvgIpc) is 2.09. The summed E-state index contributed by atoms with van der Waals surface area (Å²) >= 11 is 0. The van der Waals surface area contributed by atoms with E-state index in [2.05, 4.69) is 13.8 Å². The third-order valence-electron chi connectivity index (χ3n) is 2.88. The van der Waals surface area contributed by atoms with Crippen LogP contribution in [0.25, 0.3) is 0 Å². The van der Waals surface area contributed by atoms with Crippen LogP contribution in [0.15, 0.2) is 0 Å². The predicted octanol–water partition coefficient (Wildman–Crippen LogP) is 3.38. The molecule has 0 N–H and O–H groups in total. The highest BCUT2D eigenvalue weighted by Gasteiger charge is 2.24. The lowest BCUT2D eigenvalue weighted by atomic mass is 9.83. The zero-order valence-electron chi connectivity index (χ0n) is 8.51. The van der Waals surface area contributed by atoms with E-state index in [-0.39, 0.29) is 0 Å². The van der Waals surface area contributed by atoms with E-state index in [1.165, 1.54) is 38.5 Å². The van der Waals surface area contributed by atoms with E-state index in [0.29, 0.717) is 6.10 Å². The molecule has 72 valence electrons. The number of hydrogen-bond donors (Lipinski definition) is 0. The fourth-order valence-corrected chi connectivity index (χ4v) is 2.31. The van der Waals surface area contributed by atoms with Gasteiger partial charge in [0.1, 0.15) is 0 Å². The molecule has 1 nitrogen and oxygen atoms in total. The summed E-state index contributed by atoms with van der Waals surface area (Å²) in [5.41, 5.74) is 0. The zero-order chi connectivity index (χ0) is 8.81. The summed E-state index contributed by atoms with van der Waals surface area (Å²) in [6, 6.07) is 0. The lowest BCUT2D eigenvalue weighted by Crippen LogP contribution is -2.27. The summed E-state index contributed by atoms with van der Waals surface area (Å²) in [5, 5.41) is 0. The fraction of sp³-hybridized carbons (Fsp3) is 1.00. The minimum absolute atomic E-state index is 0.587. The molecular weight excluding hydrogens is 148 g/mol. The Morgan fingerprint density at radius 2 is 1.92 bits per heavy atom. The Balaban J connectivity index is 2.31. The van der Waals surface area contributed by atoms with Gasteiger partial charge in [-0.15, -0.1) is 0 Å². The summed E-state index contributed by atoms with van der Waals surface area (Å²) in [7, 11) is 0. The van der Waals surface area contributed by atoms with Crippen LogP contribution in [0.5, 0.6) is 0 Å². The molecule has 0 aromatic rings. The Morgan fingerprint density at radius 1 is 1.17 bits per heavy atom. The normalized spacial score (nSPS) is 30.5. The molecule has 2 atom stereocenters. The van der Waals surface area contributed by atoms with Crippen molar-refractivity contribution in [1.29, 1.82) is 0 Å². The Kier molecular flexibility index (Phi) is 4.67. The van der Waals surface area contributed by atoms with Crippen molar-refractivity contribution in [2.24, 2.45) is 5.92 Å². The summed E-state index contributed by atoms with van der Waals surface area (Å²) in [6.07, 6.45) is 8.78. The maximum absolute atomic E-state index is 5.75. The first-order valence-electron chi connectivity index (χ1n) is 5.50. The van der Waals surface area contributed by atoms with Gasteiger partial charge in [0.15, 0.2) is 0 Å². The van der Waals surface area contributed by atoms with Crippen molar-refractivity contribution < 1.29 is 4.74 Å². The van der Waals surface area contributed by atoms with Crippen LogP contribution in [-0.4, -0.2) is 12.7 Å². The van der Waals surface area contributed by atoms with Gasteiger partial charge in [-0.1, -0.05) is 26.2 Å². The van der Waals surface area contributed by atoms with Gasteiger partial charge in [0, 0.05) is 6.61 Å². The molecule has 0 unspecified atom stereocenters. The second-order valence-electron chi connectivity index (χ2n) is 3.83. The third-order valence-corrected chi connectivity index (χ3v) is 2.88. The Hall–Kier alpha value is -0.0400. The fourth-order valence-electron chi connectivity index (χ4n) is 2.31. The van der Waals surface area contributed by atoms with E-state index in [4.69, 9.17) is 4.74 Å². The third kappa shape index (κ3) is 2.78. The van der Waals surface area contributed by atoms with Gasteiger partial charge in [-0.25, -0.2) is 0 Å². The van der Waals surface area contributed by atoms with Crippen LogP contribution in [0, 0.1) is 5.92 Å². The van der Waals surface area contributed by atoms with E-state index >= 15 is 0 Å². The molecule has 1 heteroatoms. The van der Waals surface area contributed by atoms with E-state index < -0.39 is 0 Å². The lowest BCUT2D eigenvalue weighted by molar-refractivity contribution is -0.00709. The molecule has 1 aliphatic rings. The first kappa shape index (κ1) is 10.0. The molecule has 0 heterocycles. The van der Waals surface area contributed by atoms with Crippen LogP contribution in [0.4, 0.5) is 0 Å². The minimum Gasteiger partial charge on any atom is -0.378 e. The van der Waals surface area contributed by atoms with Gasteiger partial charge in [0.25, 0.3) is 0 Å². The van der Waals surface area contributed by atoms with Crippen molar-refractivity contribution in [1.82, 2.24) is 0 Å². The molecule has 0 bridgehead atoms. The summed E-state index contributed by atoms with van der Waals surface area (Å²) in [6.45, 7) is 5.28. The van der Waals surface area contributed by atoms with Gasteiger partial charge in [-0.05, 0) is 32.1 Å². The molecule has 0 aromatic carbocycles. The molecule has 0 amide bonds. The van der Waals surface area contributed by atoms with E-state index in [0.717, 1.165) is 12.5 Å². The minimum atomic E-state index is 0.587. The second-order valence-corrected chi connectivity index (χ2v) is 3.83. The van der Waals surface area contributed by atoms with E-state index in [1.807, 2.05) is 0 Å².